The smallest absolute Gasteiger partial charge is 0.222 e. The molecule has 6 nitrogen and oxygen atoms in total. The molecule has 0 saturated carbocycles. The maximum atomic E-state index is 11.7. The van der Waals surface area contributed by atoms with Gasteiger partial charge >= 0.3 is 0 Å². The number of ether oxygens (including phenoxy) is 3. The summed E-state index contributed by atoms with van der Waals surface area (Å²) in [7, 11) is 3.10. The van der Waals surface area contributed by atoms with E-state index < -0.39 is 6.29 Å². The van der Waals surface area contributed by atoms with Gasteiger partial charge in [-0.05, 0) is 6.92 Å². The average molecular weight is 246 g/mol. The second kappa shape index (κ2) is 7.60. The van der Waals surface area contributed by atoms with E-state index in [0.29, 0.717) is 19.6 Å². The van der Waals surface area contributed by atoms with Gasteiger partial charge in [-0.2, -0.15) is 0 Å². The summed E-state index contributed by atoms with van der Waals surface area (Å²) >= 11 is 0. The molecule has 1 heterocycles. The first-order valence-electron chi connectivity index (χ1n) is 5.83. The van der Waals surface area contributed by atoms with Crippen LogP contribution in [0.5, 0.6) is 0 Å². The van der Waals surface area contributed by atoms with Crippen LogP contribution in [0, 0.1) is 0 Å². The van der Waals surface area contributed by atoms with Gasteiger partial charge in [-0.1, -0.05) is 0 Å². The molecule has 1 aliphatic rings. The van der Waals surface area contributed by atoms with Crippen LogP contribution in [-0.4, -0.2) is 58.3 Å². The maximum absolute atomic E-state index is 11.7. The molecule has 2 unspecified atom stereocenters. The van der Waals surface area contributed by atoms with Crippen molar-refractivity contribution < 1.29 is 19.0 Å². The molecule has 1 fully saturated rings. The lowest BCUT2D eigenvalue weighted by Crippen LogP contribution is -2.48. The van der Waals surface area contributed by atoms with Crippen molar-refractivity contribution in [1.29, 1.82) is 0 Å². The van der Waals surface area contributed by atoms with Crippen molar-refractivity contribution in [2.45, 2.75) is 31.7 Å². The molecule has 0 aliphatic carbocycles. The summed E-state index contributed by atoms with van der Waals surface area (Å²) in [6, 6.07) is -0.0819. The minimum absolute atomic E-state index is 0.0281. The van der Waals surface area contributed by atoms with Crippen molar-refractivity contribution in [1.82, 2.24) is 10.6 Å². The summed E-state index contributed by atoms with van der Waals surface area (Å²) in [6.07, 6.45) is -0.0145. The van der Waals surface area contributed by atoms with Crippen molar-refractivity contribution in [3.63, 3.8) is 0 Å². The van der Waals surface area contributed by atoms with Gasteiger partial charge in [0.2, 0.25) is 5.91 Å². The number of nitrogens with one attached hydrogen (secondary N) is 2. The Morgan fingerprint density at radius 3 is 2.76 bits per heavy atom. The summed E-state index contributed by atoms with van der Waals surface area (Å²) in [5, 5.41) is 6.08. The zero-order chi connectivity index (χ0) is 12.7. The van der Waals surface area contributed by atoms with Gasteiger partial charge in [0.25, 0.3) is 0 Å². The number of hydrogen-bond donors (Lipinski definition) is 2. The van der Waals surface area contributed by atoms with Gasteiger partial charge in [0, 0.05) is 33.2 Å². The summed E-state index contributed by atoms with van der Waals surface area (Å²) in [5.41, 5.74) is 0. The summed E-state index contributed by atoms with van der Waals surface area (Å²) < 4.78 is 15.4. The first-order valence-corrected chi connectivity index (χ1v) is 5.83. The van der Waals surface area contributed by atoms with Crippen molar-refractivity contribution in [3.8, 4) is 0 Å². The molecule has 0 aromatic rings. The van der Waals surface area contributed by atoms with Crippen molar-refractivity contribution in [2.75, 3.05) is 34.0 Å². The molecular weight excluding hydrogens is 224 g/mol. The second-order valence-electron chi connectivity index (χ2n) is 4.13. The van der Waals surface area contributed by atoms with Crippen LogP contribution in [0.25, 0.3) is 0 Å². The molecule has 1 amide bonds. The molecule has 1 saturated heterocycles. The van der Waals surface area contributed by atoms with E-state index in [1.165, 1.54) is 0 Å². The summed E-state index contributed by atoms with van der Waals surface area (Å²) in [4.78, 5) is 11.7. The largest absolute Gasteiger partial charge is 0.378 e. The molecule has 2 atom stereocenters. The molecule has 0 aromatic carbocycles. The molecule has 0 bridgehead atoms. The molecule has 0 spiro atoms. The number of rotatable bonds is 6. The topological polar surface area (TPSA) is 68.8 Å². The highest BCUT2D eigenvalue weighted by Crippen LogP contribution is 2.02. The van der Waals surface area contributed by atoms with Gasteiger partial charge in [-0.25, -0.2) is 0 Å². The Morgan fingerprint density at radius 2 is 2.24 bits per heavy atom. The predicted octanol–water partition coefficient (Wildman–Crippen LogP) is -0.511. The maximum Gasteiger partial charge on any atom is 0.222 e. The SMILES string of the molecule is COC(OC)C(C)NC(=O)CC1COCCN1. The number of methoxy groups -OCH3 is 2. The molecular formula is C11H22N2O4. The van der Waals surface area contributed by atoms with Gasteiger partial charge in [0.1, 0.15) is 0 Å². The van der Waals surface area contributed by atoms with Crippen LogP contribution in [0.1, 0.15) is 13.3 Å². The van der Waals surface area contributed by atoms with E-state index in [9.17, 15) is 4.79 Å². The van der Waals surface area contributed by atoms with Crippen LogP contribution in [0.15, 0.2) is 0 Å². The third-order valence-electron chi connectivity index (χ3n) is 2.69. The Labute approximate surface area is 102 Å². The zero-order valence-electron chi connectivity index (χ0n) is 10.7. The summed E-state index contributed by atoms with van der Waals surface area (Å²) in [6.45, 7) is 3.94. The first kappa shape index (κ1) is 14.4. The van der Waals surface area contributed by atoms with Crippen LogP contribution in [0.2, 0.25) is 0 Å². The van der Waals surface area contributed by atoms with Crippen molar-refractivity contribution >= 4 is 5.91 Å². The Morgan fingerprint density at radius 1 is 1.53 bits per heavy atom. The van der Waals surface area contributed by atoms with Gasteiger partial charge in [-0.3, -0.25) is 4.79 Å². The number of amides is 1. The predicted molar refractivity (Wildman–Crippen MR) is 62.6 cm³/mol. The second-order valence-corrected chi connectivity index (χ2v) is 4.13. The van der Waals surface area contributed by atoms with Crippen molar-refractivity contribution in [2.24, 2.45) is 0 Å². The van der Waals surface area contributed by atoms with Crippen LogP contribution in [0.4, 0.5) is 0 Å². The molecule has 1 rings (SSSR count). The average Bonchev–Trinajstić information content (AvgIpc) is 2.31. The standard InChI is InChI=1S/C11H22N2O4/c1-8(11(15-2)16-3)13-10(14)6-9-7-17-5-4-12-9/h8-9,11-12H,4-7H2,1-3H3,(H,13,14). The Kier molecular flexibility index (Phi) is 6.43. The molecule has 1 aliphatic heterocycles. The van der Waals surface area contributed by atoms with E-state index in [-0.39, 0.29) is 18.0 Å². The highest BCUT2D eigenvalue weighted by atomic mass is 16.7. The molecule has 17 heavy (non-hydrogen) atoms. The number of hydrogen-bond acceptors (Lipinski definition) is 5. The fourth-order valence-electron chi connectivity index (χ4n) is 1.86. The van der Waals surface area contributed by atoms with E-state index >= 15 is 0 Å². The Hall–Kier alpha value is -0.690. The van der Waals surface area contributed by atoms with Gasteiger partial charge in [-0.15, -0.1) is 0 Å². The van der Waals surface area contributed by atoms with Crippen LogP contribution in [0.3, 0.4) is 0 Å². The lowest BCUT2D eigenvalue weighted by molar-refractivity contribution is -0.136. The Bertz CT molecular complexity index is 228. The quantitative estimate of drug-likeness (QED) is 0.618. The number of carbonyl (C=O) groups is 1. The Balaban J connectivity index is 2.27. The minimum atomic E-state index is -0.422. The zero-order valence-corrected chi connectivity index (χ0v) is 10.7. The molecule has 0 aromatic heterocycles. The lowest BCUT2D eigenvalue weighted by Gasteiger charge is -2.25. The first-order chi connectivity index (χ1) is 8.17. The summed E-state index contributed by atoms with van der Waals surface area (Å²) in [5.74, 6) is -0.0281. The van der Waals surface area contributed by atoms with Crippen molar-refractivity contribution in [3.05, 3.63) is 0 Å². The monoisotopic (exact) mass is 246 g/mol. The normalized spacial score (nSPS) is 22.5. The van der Waals surface area contributed by atoms with E-state index in [4.69, 9.17) is 14.2 Å². The van der Waals surface area contributed by atoms with Crippen LogP contribution >= 0.6 is 0 Å². The fourth-order valence-corrected chi connectivity index (χ4v) is 1.86. The molecule has 6 heteroatoms. The number of carbonyl (C=O) groups excluding carboxylic acids is 1. The highest BCUT2D eigenvalue weighted by molar-refractivity contribution is 5.76. The van der Waals surface area contributed by atoms with Gasteiger partial charge in [0.15, 0.2) is 6.29 Å². The molecule has 0 radical (unpaired) electrons. The van der Waals surface area contributed by atoms with Crippen LogP contribution in [-0.2, 0) is 19.0 Å². The molecule has 2 N–H and O–H groups in total. The highest BCUT2D eigenvalue weighted by Gasteiger charge is 2.21. The van der Waals surface area contributed by atoms with Crippen LogP contribution < -0.4 is 10.6 Å². The van der Waals surface area contributed by atoms with E-state index in [1.54, 1.807) is 14.2 Å². The van der Waals surface area contributed by atoms with Gasteiger partial charge in [0.05, 0.1) is 19.3 Å². The van der Waals surface area contributed by atoms with E-state index in [1.807, 2.05) is 6.92 Å². The fraction of sp³-hybridized carbons (Fsp3) is 0.909. The van der Waals surface area contributed by atoms with E-state index in [0.717, 1.165) is 6.54 Å². The third kappa shape index (κ3) is 4.99. The number of morpholine rings is 1. The van der Waals surface area contributed by atoms with Gasteiger partial charge < -0.3 is 24.8 Å². The lowest BCUT2D eigenvalue weighted by atomic mass is 10.2. The van der Waals surface area contributed by atoms with E-state index in [2.05, 4.69) is 10.6 Å². The third-order valence-corrected chi connectivity index (χ3v) is 2.69. The minimum Gasteiger partial charge on any atom is -0.378 e. The molecule has 100 valence electrons.